The third-order valence-electron chi connectivity index (χ3n) is 5.28. The zero-order valence-corrected chi connectivity index (χ0v) is 15.7. The van der Waals surface area contributed by atoms with Gasteiger partial charge in [-0.15, -0.1) is 21.5 Å². The summed E-state index contributed by atoms with van der Waals surface area (Å²) in [5.41, 5.74) is -0.618. The van der Waals surface area contributed by atoms with Gasteiger partial charge in [0.2, 0.25) is 0 Å². The lowest BCUT2D eigenvalue weighted by Crippen LogP contribution is -2.25. The molecule has 0 unspecified atom stereocenters. The first-order chi connectivity index (χ1) is 12.3. The van der Waals surface area contributed by atoms with Crippen molar-refractivity contribution < 1.29 is 17.9 Å². The van der Waals surface area contributed by atoms with Crippen molar-refractivity contribution in [1.29, 1.82) is 0 Å². The molecule has 0 spiro atoms. The van der Waals surface area contributed by atoms with E-state index in [1.165, 1.54) is 6.07 Å². The fourth-order valence-electron chi connectivity index (χ4n) is 3.59. The van der Waals surface area contributed by atoms with Gasteiger partial charge in [-0.2, -0.15) is 13.2 Å². The molecule has 2 aromatic rings. The summed E-state index contributed by atoms with van der Waals surface area (Å²) in [7, 11) is 0. The third-order valence-corrected chi connectivity index (χ3v) is 6.73. The summed E-state index contributed by atoms with van der Waals surface area (Å²) in [6.45, 7) is 5.33. The van der Waals surface area contributed by atoms with E-state index in [2.05, 4.69) is 14.8 Å². The zero-order valence-electron chi connectivity index (χ0n) is 14.8. The van der Waals surface area contributed by atoms with Crippen LogP contribution in [0.1, 0.15) is 72.9 Å². The van der Waals surface area contributed by atoms with Gasteiger partial charge in [0.25, 0.3) is 0 Å². The second kappa shape index (κ2) is 6.34. The Bertz CT molecular complexity index is 786. The molecule has 0 amide bonds. The Morgan fingerprint density at radius 3 is 2.27 bits per heavy atom. The van der Waals surface area contributed by atoms with Gasteiger partial charge < -0.3 is 9.30 Å². The first-order valence-corrected chi connectivity index (χ1v) is 9.80. The number of halogens is 3. The minimum atomic E-state index is -4.31. The number of hydrogen-bond donors (Lipinski definition) is 0. The number of rotatable bonds is 4. The molecule has 2 fully saturated rings. The quantitative estimate of drug-likeness (QED) is 0.751. The van der Waals surface area contributed by atoms with Crippen LogP contribution < -0.4 is 0 Å². The molecular formula is C18H22F3N3OS. The van der Waals surface area contributed by atoms with Crippen molar-refractivity contribution in [2.45, 2.75) is 63.1 Å². The fourth-order valence-corrected chi connectivity index (χ4v) is 4.56. The lowest BCUT2D eigenvalue weighted by molar-refractivity contribution is -0.134. The van der Waals surface area contributed by atoms with Gasteiger partial charge in [0.15, 0.2) is 0 Å². The molecular weight excluding hydrogens is 363 g/mol. The molecule has 1 aliphatic heterocycles. The molecule has 26 heavy (non-hydrogen) atoms. The van der Waals surface area contributed by atoms with Crippen molar-refractivity contribution in [2.75, 3.05) is 13.2 Å². The Morgan fingerprint density at radius 1 is 1.04 bits per heavy atom. The molecule has 2 aliphatic rings. The molecule has 4 rings (SSSR count). The first kappa shape index (κ1) is 18.0. The van der Waals surface area contributed by atoms with Crippen LogP contribution in [0.3, 0.4) is 0 Å². The number of ether oxygens (including phenoxy) is 1. The predicted octanol–water partition coefficient (Wildman–Crippen LogP) is 4.91. The average molecular weight is 385 g/mol. The number of nitrogens with zero attached hydrogens (tertiary/aromatic N) is 3. The summed E-state index contributed by atoms with van der Waals surface area (Å²) < 4.78 is 46.7. The van der Waals surface area contributed by atoms with E-state index in [1.807, 2.05) is 13.8 Å². The van der Waals surface area contributed by atoms with Gasteiger partial charge in [-0.25, -0.2) is 0 Å². The van der Waals surface area contributed by atoms with E-state index in [9.17, 15) is 13.2 Å². The monoisotopic (exact) mass is 385 g/mol. The maximum absolute atomic E-state index is 13.0. The van der Waals surface area contributed by atoms with Crippen LogP contribution in [-0.2, 0) is 16.3 Å². The Hall–Kier alpha value is -1.41. The number of aromatic nitrogens is 3. The highest BCUT2D eigenvalue weighted by atomic mass is 32.1. The maximum Gasteiger partial charge on any atom is 0.425 e. The Morgan fingerprint density at radius 2 is 1.69 bits per heavy atom. The highest BCUT2D eigenvalue weighted by Gasteiger charge is 2.40. The van der Waals surface area contributed by atoms with E-state index >= 15 is 0 Å². The minimum Gasteiger partial charge on any atom is -0.381 e. The van der Waals surface area contributed by atoms with Crippen LogP contribution in [0.15, 0.2) is 12.1 Å². The lowest BCUT2D eigenvalue weighted by atomic mass is 9.90. The van der Waals surface area contributed by atoms with Gasteiger partial charge in [-0.1, -0.05) is 0 Å². The molecule has 1 saturated heterocycles. The number of hydrogen-bond acceptors (Lipinski definition) is 4. The summed E-state index contributed by atoms with van der Waals surface area (Å²) in [6.07, 6.45) is -0.313. The first-order valence-electron chi connectivity index (χ1n) is 8.99. The van der Waals surface area contributed by atoms with Crippen LogP contribution in [0, 0.1) is 0 Å². The maximum atomic E-state index is 13.0. The van der Waals surface area contributed by atoms with E-state index in [4.69, 9.17) is 4.74 Å². The molecule has 1 aliphatic carbocycles. The van der Waals surface area contributed by atoms with E-state index in [1.54, 1.807) is 6.07 Å². The molecule has 3 heterocycles. The highest BCUT2D eigenvalue weighted by Crippen LogP contribution is 2.45. The molecule has 4 nitrogen and oxygen atoms in total. The largest absolute Gasteiger partial charge is 0.425 e. The van der Waals surface area contributed by atoms with Crippen LogP contribution in [0.25, 0.3) is 0 Å². The summed E-state index contributed by atoms with van der Waals surface area (Å²) in [5.74, 6) is 2.07. The van der Waals surface area contributed by atoms with Gasteiger partial charge in [-0.05, 0) is 51.7 Å². The Balaban J connectivity index is 1.72. The normalized spacial score (nSPS) is 19.9. The summed E-state index contributed by atoms with van der Waals surface area (Å²) in [4.78, 5) is 0.0976. The van der Waals surface area contributed by atoms with Crippen LogP contribution in [0.2, 0.25) is 0 Å². The van der Waals surface area contributed by atoms with Crippen LogP contribution in [0.5, 0.6) is 0 Å². The number of alkyl halides is 3. The fraction of sp³-hybridized carbons (Fsp3) is 0.667. The van der Waals surface area contributed by atoms with E-state index < -0.39 is 16.5 Å². The van der Waals surface area contributed by atoms with Gasteiger partial charge in [0, 0.05) is 30.1 Å². The van der Waals surface area contributed by atoms with Gasteiger partial charge >= 0.3 is 6.18 Å². The molecule has 142 valence electrons. The molecule has 0 radical (unpaired) electrons. The van der Waals surface area contributed by atoms with Crippen molar-refractivity contribution in [1.82, 2.24) is 14.8 Å². The Kier molecular flexibility index (Phi) is 4.38. The second-order valence-electron chi connectivity index (χ2n) is 7.66. The van der Waals surface area contributed by atoms with Crippen LogP contribution in [0.4, 0.5) is 13.2 Å². The number of thiophene rings is 1. The van der Waals surface area contributed by atoms with E-state index in [0.717, 1.165) is 61.9 Å². The lowest BCUT2D eigenvalue weighted by Gasteiger charge is -2.26. The van der Waals surface area contributed by atoms with Gasteiger partial charge in [0.05, 0.1) is 5.41 Å². The van der Waals surface area contributed by atoms with Crippen molar-refractivity contribution in [3.05, 3.63) is 33.5 Å². The van der Waals surface area contributed by atoms with Crippen molar-refractivity contribution in [2.24, 2.45) is 0 Å². The van der Waals surface area contributed by atoms with Crippen molar-refractivity contribution >= 4 is 11.3 Å². The molecule has 0 N–H and O–H groups in total. The SMILES string of the molecule is CC(C)(c1ccc(C(F)(F)F)s1)c1nnc(C2CCOCC2)n1C1CC1. The van der Waals surface area contributed by atoms with Gasteiger partial charge in [0.1, 0.15) is 16.5 Å². The van der Waals surface area contributed by atoms with Crippen LogP contribution in [-0.4, -0.2) is 28.0 Å². The molecule has 0 aromatic carbocycles. The van der Waals surface area contributed by atoms with Gasteiger partial charge in [-0.3, -0.25) is 0 Å². The second-order valence-corrected chi connectivity index (χ2v) is 8.74. The third kappa shape index (κ3) is 3.17. The summed E-state index contributed by atoms with van der Waals surface area (Å²) >= 11 is 0.801. The van der Waals surface area contributed by atoms with Crippen LogP contribution >= 0.6 is 11.3 Å². The zero-order chi connectivity index (χ0) is 18.5. The molecule has 2 aromatic heterocycles. The highest BCUT2D eigenvalue weighted by molar-refractivity contribution is 7.12. The predicted molar refractivity (Wildman–Crippen MR) is 92.5 cm³/mol. The molecule has 8 heteroatoms. The van der Waals surface area contributed by atoms with E-state index in [0.29, 0.717) is 16.8 Å². The Labute approximate surface area is 154 Å². The smallest absolute Gasteiger partial charge is 0.381 e. The average Bonchev–Trinajstić information content (AvgIpc) is 3.13. The van der Waals surface area contributed by atoms with E-state index in [-0.39, 0.29) is 0 Å². The summed E-state index contributed by atoms with van der Waals surface area (Å²) in [6, 6.07) is 3.12. The molecule has 0 atom stereocenters. The topological polar surface area (TPSA) is 39.9 Å². The summed E-state index contributed by atoms with van der Waals surface area (Å²) in [5, 5.41) is 8.96. The van der Waals surface area contributed by atoms with Crippen molar-refractivity contribution in [3.63, 3.8) is 0 Å². The van der Waals surface area contributed by atoms with Crippen molar-refractivity contribution in [3.8, 4) is 0 Å². The molecule has 0 bridgehead atoms. The standard InChI is InChI=1S/C18H22F3N3OS/c1-17(2,13-5-6-14(26-13)18(19,20)21)16-23-22-15(24(16)12-3-4-12)11-7-9-25-10-8-11/h5-6,11-12H,3-4,7-10H2,1-2H3. The minimum absolute atomic E-state index is 0.315. The molecule has 1 saturated carbocycles.